The van der Waals surface area contributed by atoms with Crippen LogP contribution >= 0.6 is 11.8 Å². The summed E-state index contributed by atoms with van der Waals surface area (Å²) < 4.78 is 1.93. The Balaban J connectivity index is 2.03. The van der Waals surface area contributed by atoms with Crippen LogP contribution in [0.1, 0.15) is 19.4 Å². The molecule has 1 heterocycles. The number of carbonyl (C=O) groups excluding carboxylic acids is 1. The minimum Gasteiger partial charge on any atom is -0.355 e. The van der Waals surface area contributed by atoms with E-state index in [1.807, 2.05) is 29.8 Å². The second kappa shape index (κ2) is 7.45. The molecule has 0 atom stereocenters. The standard InChI is InChI=1S/C16H22N4OS/c1-11(2)9-17-14(21)10-22-16-19-18-15(20(16)4)13-8-6-5-7-12(13)3/h5-8,11H,9-10H2,1-4H3,(H,17,21). The molecule has 0 aliphatic carbocycles. The number of hydrogen-bond donors (Lipinski definition) is 1. The molecule has 2 rings (SSSR count). The minimum atomic E-state index is 0.0270. The largest absolute Gasteiger partial charge is 0.355 e. The predicted molar refractivity (Wildman–Crippen MR) is 89.7 cm³/mol. The first-order valence-electron chi connectivity index (χ1n) is 7.34. The van der Waals surface area contributed by atoms with Crippen molar-refractivity contribution in [1.29, 1.82) is 0 Å². The predicted octanol–water partition coefficient (Wildman–Crippen LogP) is 2.65. The molecule has 2 aromatic rings. The summed E-state index contributed by atoms with van der Waals surface area (Å²) in [5.41, 5.74) is 2.22. The molecule has 0 saturated carbocycles. The number of hydrogen-bond acceptors (Lipinski definition) is 4. The minimum absolute atomic E-state index is 0.0270. The molecule has 0 radical (unpaired) electrons. The number of aryl methyl sites for hydroxylation is 1. The second-order valence-corrected chi connectivity index (χ2v) is 6.61. The smallest absolute Gasteiger partial charge is 0.230 e. The van der Waals surface area contributed by atoms with Gasteiger partial charge in [0.25, 0.3) is 0 Å². The molecule has 22 heavy (non-hydrogen) atoms. The summed E-state index contributed by atoms with van der Waals surface area (Å²) in [5.74, 6) is 1.66. The molecular weight excluding hydrogens is 296 g/mol. The zero-order chi connectivity index (χ0) is 16.1. The van der Waals surface area contributed by atoms with Gasteiger partial charge in [-0.3, -0.25) is 4.79 Å². The van der Waals surface area contributed by atoms with Crippen molar-refractivity contribution in [2.75, 3.05) is 12.3 Å². The number of nitrogens with one attached hydrogen (secondary N) is 1. The van der Waals surface area contributed by atoms with Crippen molar-refractivity contribution in [3.63, 3.8) is 0 Å². The van der Waals surface area contributed by atoms with Crippen LogP contribution in [0.3, 0.4) is 0 Å². The Kier molecular flexibility index (Phi) is 5.60. The zero-order valence-electron chi connectivity index (χ0n) is 13.5. The molecule has 1 aromatic carbocycles. The molecule has 0 unspecified atom stereocenters. The molecule has 0 aliphatic heterocycles. The molecular formula is C16H22N4OS. The first-order valence-corrected chi connectivity index (χ1v) is 8.32. The van der Waals surface area contributed by atoms with Gasteiger partial charge in [0.05, 0.1) is 5.75 Å². The lowest BCUT2D eigenvalue weighted by molar-refractivity contribution is -0.118. The maximum Gasteiger partial charge on any atom is 0.230 e. The molecule has 0 fully saturated rings. The van der Waals surface area contributed by atoms with E-state index in [0.717, 1.165) is 22.1 Å². The molecule has 0 bridgehead atoms. The van der Waals surface area contributed by atoms with Crippen molar-refractivity contribution >= 4 is 17.7 Å². The van der Waals surface area contributed by atoms with Crippen LogP contribution < -0.4 is 5.32 Å². The summed E-state index contributed by atoms with van der Waals surface area (Å²) in [7, 11) is 1.93. The molecule has 0 spiro atoms. The van der Waals surface area contributed by atoms with Crippen LogP contribution in [0.25, 0.3) is 11.4 Å². The average molecular weight is 318 g/mol. The first-order chi connectivity index (χ1) is 10.5. The van der Waals surface area contributed by atoms with Gasteiger partial charge in [-0.1, -0.05) is 49.9 Å². The number of thioether (sulfide) groups is 1. The molecule has 1 amide bonds. The third kappa shape index (κ3) is 4.10. The van der Waals surface area contributed by atoms with Gasteiger partial charge in [-0.2, -0.15) is 0 Å². The summed E-state index contributed by atoms with van der Waals surface area (Å²) in [6, 6.07) is 8.08. The Morgan fingerprint density at radius 2 is 2.05 bits per heavy atom. The first kappa shape index (κ1) is 16.5. The summed E-state index contributed by atoms with van der Waals surface area (Å²) in [5, 5.41) is 12.1. The fraction of sp³-hybridized carbons (Fsp3) is 0.438. The highest BCUT2D eigenvalue weighted by Gasteiger charge is 2.14. The van der Waals surface area contributed by atoms with E-state index in [1.165, 1.54) is 11.8 Å². The highest BCUT2D eigenvalue weighted by Crippen LogP contribution is 2.24. The summed E-state index contributed by atoms with van der Waals surface area (Å²) >= 11 is 1.41. The summed E-state index contributed by atoms with van der Waals surface area (Å²) in [4.78, 5) is 11.8. The monoisotopic (exact) mass is 318 g/mol. The normalized spacial score (nSPS) is 11.0. The van der Waals surface area contributed by atoms with Gasteiger partial charge in [0, 0.05) is 19.2 Å². The van der Waals surface area contributed by atoms with E-state index in [9.17, 15) is 4.79 Å². The van der Waals surface area contributed by atoms with Crippen molar-refractivity contribution in [2.45, 2.75) is 25.9 Å². The van der Waals surface area contributed by atoms with Crippen LogP contribution in [0, 0.1) is 12.8 Å². The van der Waals surface area contributed by atoms with E-state index < -0.39 is 0 Å². The lowest BCUT2D eigenvalue weighted by atomic mass is 10.1. The van der Waals surface area contributed by atoms with E-state index in [4.69, 9.17) is 0 Å². The van der Waals surface area contributed by atoms with Crippen LogP contribution in [-0.2, 0) is 11.8 Å². The lowest BCUT2D eigenvalue weighted by Crippen LogP contribution is -2.28. The quantitative estimate of drug-likeness (QED) is 0.832. The van der Waals surface area contributed by atoms with Crippen LogP contribution in [0.5, 0.6) is 0 Å². The van der Waals surface area contributed by atoms with Crippen LogP contribution in [0.15, 0.2) is 29.4 Å². The summed E-state index contributed by atoms with van der Waals surface area (Å²) in [6.45, 7) is 6.90. The molecule has 1 aromatic heterocycles. The molecule has 5 nitrogen and oxygen atoms in total. The van der Waals surface area contributed by atoms with Gasteiger partial charge in [0.2, 0.25) is 5.91 Å². The maximum atomic E-state index is 11.8. The Morgan fingerprint density at radius 3 is 2.73 bits per heavy atom. The molecule has 6 heteroatoms. The highest BCUT2D eigenvalue weighted by atomic mass is 32.2. The van der Waals surface area contributed by atoms with Gasteiger partial charge in [0.1, 0.15) is 0 Å². The summed E-state index contributed by atoms with van der Waals surface area (Å²) in [6.07, 6.45) is 0. The van der Waals surface area contributed by atoms with Crippen molar-refractivity contribution in [3.8, 4) is 11.4 Å². The van der Waals surface area contributed by atoms with Gasteiger partial charge in [-0.25, -0.2) is 0 Å². The fourth-order valence-electron chi connectivity index (χ4n) is 2.00. The SMILES string of the molecule is Cc1ccccc1-c1nnc(SCC(=O)NCC(C)C)n1C. The van der Waals surface area contributed by atoms with E-state index >= 15 is 0 Å². The molecule has 1 N–H and O–H groups in total. The Hall–Kier alpha value is -1.82. The van der Waals surface area contributed by atoms with Crippen molar-refractivity contribution in [3.05, 3.63) is 29.8 Å². The number of carbonyl (C=O) groups is 1. The van der Waals surface area contributed by atoms with Gasteiger partial charge < -0.3 is 9.88 Å². The fourth-order valence-corrected chi connectivity index (χ4v) is 2.74. The van der Waals surface area contributed by atoms with Crippen LogP contribution in [-0.4, -0.2) is 33.0 Å². The van der Waals surface area contributed by atoms with Crippen LogP contribution in [0.4, 0.5) is 0 Å². The maximum absolute atomic E-state index is 11.8. The number of aromatic nitrogens is 3. The zero-order valence-corrected chi connectivity index (χ0v) is 14.3. The number of rotatable bonds is 6. The Morgan fingerprint density at radius 1 is 1.32 bits per heavy atom. The van der Waals surface area contributed by atoms with Crippen molar-refractivity contribution < 1.29 is 4.79 Å². The van der Waals surface area contributed by atoms with Crippen LogP contribution in [0.2, 0.25) is 0 Å². The average Bonchev–Trinajstić information content (AvgIpc) is 2.84. The van der Waals surface area contributed by atoms with E-state index in [1.54, 1.807) is 0 Å². The molecule has 0 aliphatic rings. The van der Waals surface area contributed by atoms with Gasteiger partial charge in [-0.05, 0) is 18.4 Å². The Bertz CT molecular complexity index is 651. The van der Waals surface area contributed by atoms with E-state index in [0.29, 0.717) is 18.2 Å². The third-order valence-corrected chi connectivity index (χ3v) is 4.28. The van der Waals surface area contributed by atoms with Gasteiger partial charge in [0.15, 0.2) is 11.0 Å². The van der Waals surface area contributed by atoms with E-state index in [2.05, 4.69) is 42.4 Å². The topological polar surface area (TPSA) is 59.8 Å². The highest BCUT2D eigenvalue weighted by molar-refractivity contribution is 7.99. The van der Waals surface area contributed by atoms with Gasteiger partial charge >= 0.3 is 0 Å². The number of benzene rings is 1. The Labute approximate surface area is 135 Å². The lowest BCUT2D eigenvalue weighted by Gasteiger charge is -2.08. The molecule has 118 valence electrons. The molecule has 0 saturated heterocycles. The van der Waals surface area contributed by atoms with Gasteiger partial charge in [-0.15, -0.1) is 10.2 Å². The third-order valence-electron chi connectivity index (χ3n) is 3.26. The number of nitrogens with zero attached hydrogens (tertiary/aromatic N) is 3. The van der Waals surface area contributed by atoms with E-state index in [-0.39, 0.29) is 5.91 Å². The van der Waals surface area contributed by atoms with Crippen molar-refractivity contribution in [2.24, 2.45) is 13.0 Å². The number of amides is 1. The van der Waals surface area contributed by atoms with Crippen molar-refractivity contribution in [1.82, 2.24) is 20.1 Å². The second-order valence-electron chi connectivity index (χ2n) is 5.67.